The minimum Gasteiger partial charge on any atom is -0.497 e. The molecule has 6 heteroatoms. The quantitative estimate of drug-likeness (QED) is 0.668. The van der Waals surface area contributed by atoms with Crippen LogP contribution in [0.4, 0.5) is 5.69 Å². The van der Waals surface area contributed by atoms with Crippen LogP contribution in [0.3, 0.4) is 0 Å². The fraction of sp³-hybridized carbons (Fsp3) is 0.500. The van der Waals surface area contributed by atoms with Crippen LogP contribution in [0, 0.1) is 0 Å². The van der Waals surface area contributed by atoms with Crippen LogP contribution in [0.25, 0.3) is 0 Å². The minimum absolute atomic E-state index is 0.0704. The van der Waals surface area contributed by atoms with Crippen molar-refractivity contribution < 1.29 is 19.0 Å². The van der Waals surface area contributed by atoms with Crippen LogP contribution >= 0.6 is 0 Å². The third-order valence-corrected chi connectivity index (χ3v) is 2.70. The first kappa shape index (κ1) is 16.1. The highest BCUT2D eigenvalue weighted by atomic mass is 16.5. The van der Waals surface area contributed by atoms with Crippen LogP contribution < -0.4 is 20.1 Å². The zero-order valence-electron chi connectivity index (χ0n) is 12.2. The van der Waals surface area contributed by atoms with Gasteiger partial charge < -0.3 is 24.8 Å². The molecule has 0 heterocycles. The van der Waals surface area contributed by atoms with Gasteiger partial charge in [0.15, 0.2) is 0 Å². The largest absolute Gasteiger partial charge is 0.497 e. The molecule has 0 aromatic heterocycles. The lowest BCUT2D eigenvalue weighted by atomic mass is 10.2. The molecule has 0 atom stereocenters. The van der Waals surface area contributed by atoms with E-state index in [-0.39, 0.29) is 12.5 Å². The van der Waals surface area contributed by atoms with Crippen LogP contribution in [0.1, 0.15) is 6.42 Å². The van der Waals surface area contributed by atoms with Gasteiger partial charge in [-0.1, -0.05) is 0 Å². The molecule has 20 heavy (non-hydrogen) atoms. The number of carbonyl (C=O) groups is 1. The second-order valence-corrected chi connectivity index (χ2v) is 4.12. The number of benzene rings is 1. The Morgan fingerprint density at radius 2 is 2.00 bits per heavy atom. The van der Waals surface area contributed by atoms with Gasteiger partial charge in [-0.15, -0.1) is 0 Å². The van der Waals surface area contributed by atoms with E-state index in [2.05, 4.69) is 10.6 Å². The molecule has 0 aliphatic rings. The van der Waals surface area contributed by atoms with E-state index in [1.807, 2.05) is 6.07 Å². The molecule has 1 rings (SSSR count). The summed E-state index contributed by atoms with van der Waals surface area (Å²) >= 11 is 0. The fourth-order valence-electron chi connectivity index (χ4n) is 1.63. The highest BCUT2D eigenvalue weighted by molar-refractivity contribution is 5.81. The second-order valence-electron chi connectivity index (χ2n) is 4.12. The molecule has 0 saturated carbocycles. The summed E-state index contributed by atoms with van der Waals surface area (Å²) in [4.78, 5) is 11.6. The lowest BCUT2D eigenvalue weighted by Gasteiger charge is -2.12. The molecule has 1 aromatic rings. The smallest absolute Gasteiger partial charge is 0.239 e. The molecule has 1 aromatic carbocycles. The van der Waals surface area contributed by atoms with E-state index in [1.54, 1.807) is 33.5 Å². The zero-order chi connectivity index (χ0) is 14.8. The first-order valence-electron chi connectivity index (χ1n) is 6.42. The third kappa shape index (κ3) is 5.36. The molecule has 2 N–H and O–H groups in total. The first-order valence-corrected chi connectivity index (χ1v) is 6.42. The lowest BCUT2D eigenvalue weighted by Crippen LogP contribution is -2.31. The predicted molar refractivity (Wildman–Crippen MR) is 77.5 cm³/mol. The molecule has 0 unspecified atom stereocenters. The highest BCUT2D eigenvalue weighted by Gasteiger charge is 2.06. The summed E-state index contributed by atoms with van der Waals surface area (Å²) in [6.45, 7) is 1.43. The normalized spacial score (nSPS) is 9.95. The van der Waals surface area contributed by atoms with Crippen molar-refractivity contribution in [3.8, 4) is 11.5 Å². The summed E-state index contributed by atoms with van der Waals surface area (Å²) < 4.78 is 15.3. The van der Waals surface area contributed by atoms with Crippen molar-refractivity contribution in [1.29, 1.82) is 0 Å². The van der Waals surface area contributed by atoms with Crippen molar-refractivity contribution >= 4 is 11.6 Å². The van der Waals surface area contributed by atoms with Crippen molar-refractivity contribution in [2.24, 2.45) is 0 Å². The maximum absolute atomic E-state index is 11.6. The summed E-state index contributed by atoms with van der Waals surface area (Å²) in [7, 11) is 4.81. The van der Waals surface area contributed by atoms with Crippen LogP contribution in [-0.4, -0.2) is 46.9 Å². The molecule has 0 spiro atoms. The molecule has 0 bridgehead atoms. The maximum atomic E-state index is 11.6. The van der Waals surface area contributed by atoms with Gasteiger partial charge >= 0.3 is 0 Å². The average Bonchev–Trinajstić information content (AvgIpc) is 2.49. The van der Waals surface area contributed by atoms with E-state index >= 15 is 0 Å². The topological polar surface area (TPSA) is 68.8 Å². The van der Waals surface area contributed by atoms with Crippen molar-refractivity contribution in [3.63, 3.8) is 0 Å². The van der Waals surface area contributed by atoms with Crippen molar-refractivity contribution in [1.82, 2.24) is 5.32 Å². The van der Waals surface area contributed by atoms with E-state index in [4.69, 9.17) is 14.2 Å². The van der Waals surface area contributed by atoms with E-state index in [0.29, 0.717) is 24.7 Å². The number of hydrogen-bond acceptors (Lipinski definition) is 5. The van der Waals surface area contributed by atoms with Crippen LogP contribution in [0.5, 0.6) is 11.5 Å². The van der Waals surface area contributed by atoms with E-state index in [1.165, 1.54) is 0 Å². The molecule has 1 amide bonds. The molecule has 6 nitrogen and oxygen atoms in total. The number of amides is 1. The maximum Gasteiger partial charge on any atom is 0.239 e. The Hall–Kier alpha value is -1.95. The van der Waals surface area contributed by atoms with Gasteiger partial charge in [0.25, 0.3) is 0 Å². The number of rotatable bonds is 9. The number of carbonyl (C=O) groups excluding carboxylic acids is 1. The standard InChI is InChI=1S/C14H22N2O4/c1-18-8-4-7-15-14(17)10-16-12-6-5-11(19-2)9-13(12)20-3/h5-6,9,16H,4,7-8,10H2,1-3H3,(H,15,17). The van der Waals surface area contributed by atoms with Gasteiger partial charge in [0, 0.05) is 26.3 Å². The summed E-state index contributed by atoms with van der Waals surface area (Å²) in [5, 5.41) is 5.83. The molecule has 0 radical (unpaired) electrons. The number of nitrogens with one attached hydrogen (secondary N) is 2. The Labute approximate surface area is 119 Å². The number of ether oxygens (including phenoxy) is 3. The van der Waals surface area contributed by atoms with Crippen molar-refractivity contribution in [2.75, 3.05) is 46.3 Å². The summed E-state index contributed by atoms with van der Waals surface area (Å²) in [6, 6.07) is 5.38. The first-order chi connectivity index (χ1) is 9.71. The molecule has 0 saturated heterocycles. The Kier molecular flexibility index (Phi) is 7.27. The highest BCUT2D eigenvalue weighted by Crippen LogP contribution is 2.28. The van der Waals surface area contributed by atoms with Gasteiger partial charge in [-0.3, -0.25) is 4.79 Å². The Bertz CT molecular complexity index is 424. The van der Waals surface area contributed by atoms with E-state index in [9.17, 15) is 4.79 Å². The molecule has 0 fully saturated rings. The summed E-state index contributed by atoms with van der Waals surface area (Å²) in [5.74, 6) is 1.27. The van der Waals surface area contributed by atoms with Gasteiger partial charge in [0.2, 0.25) is 5.91 Å². The van der Waals surface area contributed by atoms with Crippen LogP contribution in [-0.2, 0) is 9.53 Å². The summed E-state index contributed by atoms with van der Waals surface area (Å²) in [6.07, 6.45) is 0.800. The average molecular weight is 282 g/mol. The monoisotopic (exact) mass is 282 g/mol. The number of methoxy groups -OCH3 is 3. The molecule has 0 aliphatic heterocycles. The van der Waals surface area contributed by atoms with Gasteiger partial charge in [0.05, 0.1) is 26.5 Å². The Morgan fingerprint density at radius 3 is 2.65 bits per heavy atom. The lowest BCUT2D eigenvalue weighted by molar-refractivity contribution is -0.119. The zero-order valence-corrected chi connectivity index (χ0v) is 12.2. The Morgan fingerprint density at radius 1 is 1.20 bits per heavy atom. The van der Waals surface area contributed by atoms with Crippen molar-refractivity contribution in [2.45, 2.75) is 6.42 Å². The van der Waals surface area contributed by atoms with Gasteiger partial charge in [-0.2, -0.15) is 0 Å². The van der Waals surface area contributed by atoms with E-state index < -0.39 is 0 Å². The molecular formula is C14H22N2O4. The Balaban J connectivity index is 2.42. The van der Waals surface area contributed by atoms with Crippen LogP contribution in [0.2, 0.25) is 0 Å². The van der Waals surface area contributed by atoms with Crippen molar-refractivity contribution in [3.05, 3.63) is 18.2 Å². The summed E-state index contributed by atoms with van der Waals surface area (Å²) in [5.41, 5.74) is 0.750. The molecular weight excluding hydrogens is 260 g/mol. The predicted octanol–water partition coefficient (Wildman–Crippen LogP) is 1.27. The number of anilines is 1. The van der Waals surface area contributed by atoms with Gasteiger partial charge in [0.1, 0.15) is 11.5 Å². The molecule has 112 valence electrons. The third-order valence-electron chi connectivity index (χ3n) is 2.70. The second kappa shape index (κ2) is 9.03. The van der Waals surface area contributed by atoms with Gasteiger partial charge in [-0.25, -0.2) is 0 Å². The number of hydrogen-bond donors (Lipinski definition) is 2. The van der Waals surface area contributed by atoms with Gasteiger partial charge in [-0.05, 0) is 18.6 Å². The molecule has 0 aliphatic carbocycles. The minimum atomic E-state index is -0.0704. The SMILES string of the molecule is COCCCNC(=O)CNc1ccc(OC)cc1OC. The van der Waals surface area contributed by atoms with E-state index in [0.717, 1.165) is 12.1 Å². The fourth-order valence-corrected chi connectivity index (χ4v) is 1.63. The van der Waals surface area contributed by atoms with Crippen LogP contribution in [0.15, 0.2) is 18.2 Å².